The molecule has 1 rings (SSSR count). The highest BCUT2D eigenvalue weighted by Gasteiger charge is 2.41. The van der Waals surface area contributed by atoms with Gasteiger partial charge in [0.1, 0.15) is 5.54 Å². The number of ether oxygens (including phenoxy) is 1. The van der Waals surface area contributed by atoms with E-state index in [2.05, 4.69) is 25.7 Å². The van der Waals surface area contributed by atoms with Crippen LogP contribution in [0.25, 0.3) is 0 Å². The SMILES string of the molecule is CC[C@](C)(C(=O)OC)N1C[C@H](C)C[C@H](C)C1. The summed E-state index contributed by atoms with van der Waals surface area (Å²) in [4.78, 5) is 14.2. The van der Waals surface area contributed by atoms with Crippen LogP contribution >= 0.6 is 0 Å². The van der Waals surface area contributed by atoms with Crippen LogP contribution in [-0.4, -0.2) is 36.6 Å². The third-order valence-electron chi connectivity index (χ3n) is 3.88. The molecule has 0 saturated carbocycles. The van der Waals surface area contributed by atoms with E-state index in [0.717, 1.165) is 19.5 Å². The Morgan fingerprint density at radius 2 is 1.88 bits per heavy atom. The van der Waals surface area contributed by atoms with Crippen molar-refractivity contribution in [3.63, 3.8) is 0 Å². The summed E-state index contributed by atoms with van der Waals surface area (Å²) in [5, 5.41) is 0. The zero-order valence-corrected chi connectivity index (χ0v) is 11.2. The number of piperidine rings is 1. The van der Waals surface area contributed by atoms with Crippen LogP contribution in [0.5, 0.6) is 0 Å². The molecule has 1 aliphatic heterocycles. The van der Waals surface area contributed by atoms with Crippen molar-refractivity contribution < 1.29 is 9.53 Å². The van der Waals surface area contributed by atoms with Gasteiger partial charge in [-0.1, -0.05) is 20.8 Å². The summed E-state index contributed by atoms with van der Waals surface area (Å²) in [6.07, 6.45) is 2.07. The first-order valence-corrected chi connectivity index (χ1v) is 6.27. The molecule has 16 heavy (non-hydrogen) atoms. The van der Waals surface area contributed by atoms with E-state index in [9.17, 15) is 4.79 Å². The van der Waals surface area contributed by atoms with Gasteiger partial charge in [0.25, 0.3) is 0 Å². The summed E-state index contributed by atoms with van der Waals surface area (Å²) >= 11 is 0. The largest absolute Gasteiger partial charge is 0.468 e. The number of esters is 1. The van der Waals surface area contributed by atoms with Gasteiger partial charge < -0.3 is 4.74 Å². The van der Waals surface area contributed by atoms with Gasteiger partial charge in [-0.25, -0.2) is 0 Å². The van der Waals surface area contributed by atoms with Crippen LogP contribution in [0.1, 0.15) is 40.5 Å². The summed E-state index contributed by atoms with van der Waals surface area (Å²) in [5.41, 5.74) is -0.447. The van der Waals surface area contributed by atoms with Gasteiger partial charge in [0, 0.05) is 13.1 Å². The number of carbonyl (C=O) groups is 1. The third kappa shape index (κ3) is 2.57. The van der Waals surface area contributed by atoms with E-state index in [1.165, 1.54) is 13.5 Å². The van der Waals surface area contributed by atoms with Gasteiger partial charge in [-0.2, -0.15) is 0 Å². The van der Waals surface area contributed by atoms with E-state index in [-0.39, 0.29) is 5.97 Å². The van der Waals surface area contributed by atoms with Gasteiger partial charge in [-0.05, 0) is 31.6 Å². The van der Waals surface area contributed by atoms with Crippen LogP contribution in [0.3, 0.4) is 0 Å². The molecule has 0 radical (unpaired) electrons. The van der Waals surface area contributed by atoms with Gasteiger partial charge in [0.05, 0.1) is 7.11 Å². The summed E-state index contributed by atoms with van der Waals surface area (Å²) in [6, 6.07) is 0. The lowest BCUT2D eigenvalue weighted by Gasteiger charge is -2.44. The maximum Gasteiger partial charge on any atom is 0.325 e. The van der Waals surface area contributed by atoms with Gasteiger partial charge in [-0.15, -0.1) is 0 Å². The molecule has 0 aliphatic carbocycles. The smallest absolute Gasteiger partial charge is 0.325 e. The highest BCUT2D eigenvalue weighted by molar-refractivity contribution is 5.80. The molecule has 3 atom stereocenters. The Labute approximate surface area is 99.1 Å². The minimum atomic E-state index is -0.447. The van der Waals surface area contributed by atoms with Crippen molar-refractivity contribution in [3.8, 4) is 0 Å². The van der Waals surface area contributed by atoms with Gasteiger partial charge >= 0.3 is 5.97 Å². The molecule has 0 aromatic rings. The van der Waals surface area contributed by atoms with E-state index in [1.807, 2.05) is 6.92 Å². The number of nitrogens with zero attached hydrogens (tertiary/aromatic N) is 1. The number of rotatable bonds is 3. The van der Waals surface area contributed by atoms with E-state index in [0.29, 0.717) is 11.8 Å². The fourth-order valence-electron chi connectivity index (χ4n) is 2.78. The lowest BCUT2D eigenvalue weighted by atomic mass is 9.86. The van der Waals surface area contributed by atoms with E-state index in [4.69, 9.17) is 4.74 Å². The molecule has 3 heteroatoms. The van der Waals surface area contributed by atoms with E-state index < -0.39 is 5.54 Å². The lowest BCUT2D eigenvalue weighted by molar-refractivity contribution is -0.156. The van der Waals surface area contributed by atoms with E-state index in [1.54, 1.807) is 0 Å². The minimum Gasteiger partial charge on any atom is -0.468 e. The molecule has 1 aliphatic rings. The second-order valence-electron chi connectivity index (χ2n) is 5.47. The fraction of sp³-hybridized carbons (Fsp3) is 0.923. The van der Waals surface area contributed by atoms with Crippen LogP contribution in [0.15, 0.2) is 0 Å². The molecule has 1 fully saturated rings. The number of hydrogen-bond acceptors (Lipinski definition) is 3. The van der Waals surface area contributed by atoms with Crippen molar-refractivity contribution in [2.45, 2.75) is 46.1 Å². The Hall–Kier alpha value is -0.570. The second-order valence-corrected chi connectivity index (χ2v) is 5.47. The zero-order chi connectivity index (χ0) is 12.3. The highest BCUT2D eigenvalue weighted by atomic mass is 16.5. The Balaban J connectivity index is 2.83. The van der Waals surface area contributed by atoms with Crippen LogP contribution in [-0.2, 0) is 9.53 Å². The summed E-state index contributed by atoms with van der Waals surface area (Å²) in [7, 11) is 1.48. The van der Waals surface area contributed by atoms with Crippen molar-refractivity contribution in [1.29, 1.82) is 0 Å². The van der Waals surface area contributed by atoms with Crippen molar-refractivity contribution in [2.75, 3.05) is 20.2 Å². The van der Waals surface area contributed by atoms with Gasteiger partial charge in [0.15, 0.2) is 0 Å². The molecule has 1 saturated heterocycles. The Morgan fingerprint density at radius 1 is 1.38 bits per heavy atom. The molecule has 0 bridgehead atoms. The lowest BCUT2D eigenvalue weighted by Crippen LogP contribution is -2.57. The van der Waals surface area contributed by atoms with Gasteiger partial charge in [0.2, 0.25) is 0 Å². The van der Waals surface area contributed by atoms with Crippen LogP contribution in [0.2, 0.25) is 0 Å². The Morgan fingerprint density at radius 3 is 2.25 bits per heavy atom. The topological polar surface area (TPSA) is 29.5 Å². The molecule has 0 N–H and O–H groups in total. The standard InChI is InChI=1S/C13H25NO2/c1-6-13(4,12(15)16-5)14-8-10(2)7-11(3)9-14/h10-11H,6-9H2,1-5H3/t10-,11+,13-/m1/s1. The average Bonchev–Trinajstić information content (AvgIpc) is 2.25. The average molecular weight is 227 g/mol. The second kappa shape index (κ2) is 5.17. The first-order chi connectivity index (χ1) is 7.43. The predicted molar refractivity (Wildman–Crippen MR) is 65.2 cm³/mol. The fourth-order valence-corrected chi connectivity index (χ4v) is 2.78. The normalized spacial score (nSPS) is 30.8. The molecular weight excluding hydrogens is 202 g/mol. The Bertz CT molecular complexity index is 244. The third-order valence-corrected chi connectivity index (χ3v) is 3.88. The summed E-state index contributed by atoms with van der Waals surface area (Å²) < 4.78 is 4.95. The predicted octanol–water partition coefficient (Wildman–Crippen LogP) is 2.31. The molecular formula is C13H25NO2. The maximum atomic E-state index is 11.9. The molecule has 0 spiro atoms. The maximum absolute atomic E-state index is 11.9. The Kier molecular flexibility index (Phi) is 4.36. The van der Waals surface area contributed by atoms with Crippen molar-refractivity contribution in [3.05, 3.63) is 0 Å². The molecule has 0 amide bonds. The summed E-state index contributed by atoms with van der Waals surface area (Å²) in [6.45, 7) is 10.6. The molecule has 1 heterocycles. The van der Waals surface area contributed by atoms with Crippen LogP contribution in [0, 0.1) is 11.8 Å². The first kappa shape index (κ1) is 13.5. The van der Waals surface area contributed by atoms with Crippen molar-refractivity contribution in [2.24, 2.45) is 11.8 Å². The van der Waals surface area contributed by atoms with Crippen LogP contribution < -0.4 is 0 Å². The van der Waals surface area contributed by atoms with Crippen LogP contribution in [0.4, 0.5) is 0 Å². The molecule has 3 nitrogen and oxygen atoms in total. The summed E-state index contributed by atoms with van der Waals surface area (Å²) in [5.74, 6) is 1.23. The molecule has 0 aromatic heterocycles. The quantitative estimate of drug-likeness (QED) is 0.693. The molecule has 0 unspecified atom stereocenters. The first-order valence-electron chi connectivity index (χ1n) is 6.27. The minimum absolute atomic E-state index is 0.101. The highest BCUT2D eigenvalue weighted by Crippen LogP contribution is 2.29. The van der Waals surface area contributed by atoms with E-state index >= 15 is 0 Å². The molecule has 0 aromatic carbocycles. The number of likely N-dealkylation sites (tertiary alicyclic amines) is 1. The number of methoxy groups -OCH3 is 1. The molecule has 94 valence electrons. The van der Waals surface area contributed by atoms with Crippen molar-refractivity contribution in [1.82, 2.24) is 4.90 Å². The van der Waals surface area contributed by atoms with Gasteiger partial charge in [-0.3, -0.25) is 9.69 Å². The monoisotopic (exact) mass is 227 g/mol. The number of hydrogen-bond donors (Lipinski definition) is 0. The number of carbonyl (C=O) groups excluding carboxylic acids is 1. The van der Waals surface area contributed by atoms with Crippen molar-refractivity contribution >= 4 is 5.97 Å². The zero-order valence-electron chi connectivity index (χ0n) is 11.2.